The molecule has 0 bridgehead atoms. The van der Waals surface area contributed by atoms with Crippen LogP contribution in [0.1, 0.15) is 21.7 Å². The lowest BCUT2D eigenvalue weighted by Crippen LogP contribution is -2.13. The first-order valence-electron chi connectivity index (χ1n) is 8.62. The van der Waals surface area contributed by atoms with Crippen molar-refractivity contribution in [2.45, 2.75) is 23.9 Å². The Morgan fingerprint density at radius 1 is 0.929 bits per heavy atom. The minimum atomic E-state index is -0.270. The molecule has 1 heterocycles. The van der Waals surface area contributed by atoms with Gasteiger partial charge in [0.1, 0.15) is 11.5 Å². The van der Waals surface area contributed by atoms with Crippen molar-refractivity contribution in [2.24, 2.45) is 0 Å². The van der Waals surface area contributed by atoms with Gasteiger partial charge in [0.25, 0.3) is 5.91 Å². The number of aromatic nitrogens is 2. The van der Waals surface area contributed by atoms with Crippen LogP contribution in [0.5, 0.6) is 11.5 Å². The van der Waals surface area contributed by atoms with Gasteiger partial charge >= 0.3 is 0 Å². The number of aryl methyl sites for hydroxylation is 2. The maximum Gasteiger partial charge on any atom is 0.259 e. The molecular weight excluding hydrogens is 374 g/mol. The van der Waals surface area contributed by atoms with E-state index >= 15 is 0 Å². The van der Waals surface area contributed by atoms with Crippen molar-refractivity contribution in [3.05, 3.63) is 65.5 Å². The lowest BCUT2D eigenvalue weighted by Gasteiger charge is -2.11. The van der Waals surface area contributed by atoms with Crippen LogP contribution >= 0.6 is 11.8 Å². The highest BCUT2D eigenvalue weighted by Crippen LogP contribution is 2.28. The Kier molecular flexibility index (Phi) is 6.16. The van der Waals surface area contributed by atoms with Crippen LogP contribution in [0.15, 0.2) is 58.6 Å². The number of hydrogen-bond donors (Lipinski definition) is 1. The molecule has 144 valence electrons. The smallest absolute Gasteiger partial charge is 0.259 e. The van der Waals surface area contributed by atoms with E-state index < -0.39 is 0 Å². The molecule has 1 amide bonds. The lowest BCUT2D eigenvalue weighted by molar-refractivity contribution is 0.102. The number of ether oxygens (including phenoxy) is 2. The summed E-state index contributed by atoms with van der Waals surface area (Å²) < 4.78 is 10.5. The molecule has 1 aromatic heterocycles. The molecule has 2 aromatic carbocycles. The van der Waals surface area contributed by atoms with Crippen LogP contribution in [0.3, 0.4) is 0 Å². The maximum atomic E-state index is 12.6. The molecule has 0 aliphatic heterocycles. The van der Waals surface area contributed by atoms with Gasteiger partial charge in [-0.15, -0.1) is 0 Å². The average Bonchev–Trinajstić information content (AvgIpc) is 2.68. The largest absolute Gasteiger partial charge is 0.497 e. The molecule has 3 rings (SSSR count). The Bertz CT molecular complexity index is 970. The van der Waals surface area contributed by atoms with Crippen LogP contribution in [0.25, 0.3) is 0 Å². The normalized spacial score (nSPS) is 10.4. The van der Waals surface area contributed by atoms with Gasteiger partial charge in [-0.1, -0.05) is 0 Å². The minimum Gasteiger partial charge on any atom is -0.497 e. The number of rotatable bonds is 6. The second kappa shape index (κ2) is 8.75. The summed E-state index contributed by atoms with van der Waals surface area (Å²) in [5, 5.41) is 3.58. The number of carbonyl (C=O) groups is 1. The molecule has 7 heteroatoms. The summed E-state index contributed by atoms with van der Waals surface area (Å²) in [5.41, 5.74) is 2.96. The van der Waals surface area contributed by atoms with Crippen LogP contribution in [-0.2, 0) is 0 Å². The quantitative estimate of drug-likeness (QED) is 0.619. The number of carbonyl (C=O) groups excluding carboxylic acids is 1. The SMILES string of the molecule is COc1ccc(OC)c(C(=O)Nc2ccc(Sc3nc(C)cc(C)n3)cc2)c1. The van der Waals surface area contributed by atoms with E-state index in [0.29, 0.717) is 27.9 Å². The van der Waals surface area contributed by atoms with Crippen molar-refractivity contribution in [1.82, 2.24) is 9.97 Å². The lowest BCUT2D eigenvalue weighted by atomic mass is 10.1. The zero-order valence-electron chi connectivity index (χ0n) is 16.1. The number of amides is 1. The predicted molar refractivity (Wildman–Crippen MR) is 110 cm³/mol. The third-order valence-corrected chi connectivity index (χ3v) is 4.81. The van der Waals surface area contributed by atoms with Crippen molar-refractivity contribution in [3.8, 4) is 11.5 Å². The van der Waals surface area contributed by atoms with Gasteiger partial charge in [0.2, 0.25) is 0 Å². The number of benzene rings is 2. The highest BCUT2D eigenvalue weighted by Gasteiger charge is 2.14. The first kappa shape index (κ1) is 19.7. The molecule has 0 saturated heterocycles. The maximum absolute atomic E-state index is 12.6. The van der Waals surface area contributed by atoms with E-state index in [1.165, 1.54) is 18.9 Å². The number of methoxy groups -OCH3 is 2. The van der Waals surface area contributed by atoms with E-state index in [-0.39, 0.29) is 5.91 Å². The molecular formula is C21H21N3O3S. The molecule has 3 aromatic rings. The van der Waals surface area contributed by atoms with Crippen molar-refractivity contribution in [2.75, 3.05) is 19.5 Å². The molecule has 0 aliphatic carbocycles. The van der Waals surface area contributed by atoms with Gasteiger partial charge in [-0.25, -0.2) is 9.97 Å². The van der Waals surface area contributed by atoms with E-state index in [1.807, 2.05) is 44.2 Å². The predicted octanol–water partition coefficient (Wildman–Crippen LogP) is 4.51. The van der Waals surface area contributed by atoms with E-state index in [4.69, 9.17) is 9.47 Å². The average molecular weight is 395 g/mol. The van der Waals surface area contributed by atoms with Gasteiger partial charge in [-0.2, -0.15) is 0 Å². The third kappa shape index (κ3) is 4.80. The Labute approximate surface area is 168 Å². The van der Waals surface area contributed by atoms with E-state index in [9.17, 15) is 4.79 Å². The first-order valence-corrected chi connectivity index (χ1v) is 9.43. The second-order valence-electron chi connectivity index (χ2n) is 6.08. The van der Waals surface area contributed by atoms with Crippen molar-refractivity contribution in [3.63, 3.8) is 0 Å². The Morgan fingerprint density at radius 2 is 1.61 bits per heavy atom. The molecule has 6 nitrogen and oxygen atoms in total. The molecule has 28 heavy (non-hydrogen) atoms. The third-order valence-electron chi connectivity index (χ3n) is 3.93. The Balaban J connectivity index is 1.73. The molecule has 0 unspecified atom stereocenters. The van der Waals surface area contributed by atoms with Crippen molar-refractivity contribution in [1.29, 1.82) is 0 Å². The Morgan fingerprint density at radius 3 is 2.21 bits per heavy atom. The zero-order valence-corrected chi connectivity index (χ0v) is 17.0. The molecule has 0 atom stereocenters. The fourth-order valence-corrected chi connectivity index (χ4v) is 3.50. The van der Waals surface area contributed by atoms with Gasteiger partial charge in [-0.05, 0) is 74.1 Å². The highest BCUT2D eigenvalue weighted by atomic mass is 32.2. The second-order valence-corrected chi connectivity index (χ2v) is 7.12. The van der Waals surface area contributed by atoms with Gasteiger partial charge in [0.15, 0.2) is 5.16 Å². The van der Waals surface area contributed by atoms with Crippen LogP contribution in [0.2, 0.25) is 0 Å². The van der Waals surface area contributed by atoms with E-state index in [2.05, 4.69) is 15.3 Å². The van der Waals surface area contributed by atoms with Crippen molar-refractivity contribution < 1.29 is 14.3 Å². The number of hydrogen-bond acceptors (Lipinski definition) is 6. The minimum absolute atomic E-state index is 0.270. The zero-order chi connectivity index (χ0) is 20.1. The summed E-state index contributed by atoms with van der Waals surface area (Å²) in [5.74, 6) is 0.803. The van der Waals surface area contributed by atoms with Crippen molar-refractivity contribution >= 4 is 23.4 Å². The Hall–Kier alpha value is -3.06. The number of anilines is 1. The molecule has 0 fully saturated rings. The van der Waals surface area contributed by atoms with E-state index in [1.54, 1.807) is 25.3 Å². The van der Waals surface area contributed by atoms with Gasteiger partial charge in [-0.3, -0.25) is 4.79 Å². The monoisotopic (exact) mass is 395 g/mol. The summed E-state index contributed by atoms with van der Waals surface area (Å²) in [7, 11) is 3.08. The fourth-order valence-electron chi connectivity index (χ4n) is 2.64. The summed E-state index contributed by atoms with van der Waals surface area (Å²) in [6.45, 7) is 3.90. The van der Waals surface area contributed by atoms with Crippen LogP contribution in [0, 0.1) is 13.8 Å². The summed E-state index contributed by atoms with van der Waals surface area (Å²) in [6.07, 6.45) is 0. The number of nitrogens with zero attached hydrogens (tertiary/aromatic N) is 2. The molecule has 0 aliphatic rings. The van der Waals surface area contributed by atoms with E-state index in [0.717, 1.165) is 16.3 Å². The van der Waals surface area contributed by atoms with Crippen LogP contribution in [-0.4, -0.2) is 30.1 Å². The summed E-state index contributed by atoms with van der Waals surface area (Å²) in [4.78, 5) is 22.5. The fraction of sp³-hybridized carbons (Fsp3) is 0.190. The standard InChI is InChI=1S/C21H21N3O3S/c1-13-11-14(2)23-21(22-13)28-17-8-5-15(6-9-17)24-20(25)18-12-16(26-3)7-10-19(18)27-4/h5-12H,1-4H3,(H,24,25). The van der Waals surface area contributed by atoms with Gasteiger partial charge in [0.05, 0.1) is 19.8 Å². The number of nitrogens with one attached hydrogen (secondary N) is 1. The van der Waals surface area contributed by atoms with Crippen LogP contribution < -0.4 is 14.8 Å². The highest BCUT2D eigenvalue weighted by molar-refractivity contribution is 7.99. The molecule has 0 spiro atoms. The topological polar surface area (TPSA) is 73.3 Å². The summed E-state index contributed by atoms with van der Waals surface area (Å²) in [6, 6.07) is 14.6. The van der Waals surface area contributed by atoms with Gasteiger partial charge in [0, 0.05) is 22.0 Å². The molecule has 0 radical (unpaired) electrons. The van der Waals surface area contributed by atoms with Gasteiger partial charge < -0.3 is 14.8 Å². The first-order chi connectivity index (χ1) is 13.5. The van der Waals surface area contributed by atoms with Crippen LogP contribution in [0.4, 0.5) is 5.69 Å². The molecule has 0 saturated carbocycles. The summed E-state index contributed by atoms with van der Waals surface area (Å²) >= 11 is 1.48. The molecule has 1 N–H and O–H groups in total.